The smallest absolute Gasteiger partial charge is 0.322 e. The van der Waals surface area contributed by atoms with Gasteiger partial charge in [-0.1, -0.05) is 0 Å². The summed E-state index contributed by atoms with van der Waals surface area (Å²) in [5.41, 5.74) is -0.100. The van der Waals surface area contributed by atoms with Gasteiger partial charge in [0.1, 0.15) is 17.1 Å². The number of hydrogen-bond acceptors (Lipinski definition) is 4. The Labute approximate surface area is 128 Å². The van der Waals surface area contributed by atoms with Crippen LogP contribution in [0.15, 0.2) is 10.5 Å². The van der Waals surface area contributed by atoms with Crippen LogP contribution in [0.4, 0.5) is 4.79 Å². The number of nitrogens with zero attached hydrogens (tertiary/aromatic N) is 1. The van der Waals surface area contributed by atoms with Crippen molar-refractivity contribution in [1.82, 2.24) is 15.5 Å². The number of urea groups is 1. The monoisotopic (exact) mass is 305 g/mol. The zero-order valence-electron chi connectivity index (χ0n) is 12.9. The van der Waals surface area contributed by atoms with Gasteiger partial charge in [-0.05, 0) is 33.3 Å². The lowest BCUT2D eigenvalue weighted by atomic mass is 9.98. The van der Waals surface area contributed by atoms with Crippen molar-refractivity contribution in [2.75, 3.05) is 13.1 Å². The van der Waals surface area contributed by atoms with Gasteiger partial charge in [-0.25, -0.2) is 4.79 Å². The molecule has 0 aliphatic carbocycles. The predicted molar refractivity (Wildman–Crippen MR) is 77.2 cm³/mol. The third-order valence-corrected chi connectivity index (χ3v) is 4.51. The first-order valence-corrected chi connectivity index (χ1v) is 7.32. The summed E-state index contributed by atoms with van der Waals surface area (Å²) in [6, 6.07) is 1.38. The number of likely N-dealkylation sites (tertiary alicyclic amines) is 1. The van der Waals surface area contributed by atoms with E-state index in [1.54, 1.807) is 4.90 Å². The van der Waals surface area contributed by atoms with Crippen molar-refractivity contribution in [3.8, 4) is 0 Å². The Bertz CT molecular complexity index is 666. The molecule has 22 heavy (non-hydrogen) atoms. The molecule has 1 aromatic heterocycles. The van der Waals surface area contributed by atoms with Gasteiger partial charge in [0.25, 0.3) is 5.91 Å². The van der Waals surface area contributed by atoms with Crippen LogP contribution in [0.5, 0.6) is 0 Å². The summed E-state index contributed by atoms with van der Waals surface area (Å²) in [6.07, 6.45) is 0.437. The van der Waals surface area contributed by atoms with E-state index in [1.165, 1.54) is 0 Å². The van der Waals surface area contributed by atoms with Crippen LogP contribution in [0, 0.1) is 13.8 Å². The molecule has 2 unspecified atom stereocenters. The highest BCUT2D eigenvalue weighted by Crippen LogP contribution is 2.30. The number of nitrogens with one attached hydrogen (secondary N) is 2. The molecule has 2 aliphatic heterocycles. The molecular formula is C15H19N3O4. The Morgan fingerprint density at radius 1 is 1.41 bits per heavy atom. The van der Waals surface area contributed by atoms with Crippen LogP contribution in [0.1, 0.15) is 36.3 Å². The van der Waals surface area contributed by atoms with E-state index in [0.717, 1.165) is 17.1 Å². The lowest BCUT2D eigenvalue weighted by Gasteiger charge is -2.23. The largest absolute Gasteiger partial charge is 0.466 e. The van der Waals surface area contributed by atoms with E-state index in [-0.39, 0.29) is 24.3 Å². The van der Waals surface area contributed by atoms with Gasteiger partial charge in [0.15, 0.2) is 0 Å². The summed E-state index contributed by atoms with van der Waals surface area (Å²) < 4.78 is 5.48. The molecule has 3 heterocycles. The van der Waals surface area contributed by atoms with Gasteiger partial charge in [0.2, 0.25) is 5.91 Å². The maximum absolute atomic E-state index is 12.7. The Hall–Kier alpha value is -2.31. The van der Waals surface area contributed by atoms with Crippen LogP contribution in [-0.4, -0.2) is 41.4 Å². The molecular weight excluding hydrogens is 286 g/mol. The summed E-state index contributed by atoms with van der Waals surface area (Å²) in [5.74, 6) is 0.755. The van der Waals surface area contributed by atoms with E-state index in [4.69, 9.17) is 4.42 Å². The van der Waals surface area contributed by atoms with Crippen molar-refractivity contribution in [3.63, 3.8) is 0 Å². The average Bonchev–Trinajstić information content (AvgIpc) is 3.08. The van der Waals surface area contributed by atoms with Gasteiger partial charge in [-0.15, -0.1) is 0 Å². The lowest BCUT2D eigenvalue weighted by Crippen LogP contribution is -2.50. The third-order valence-electron chi connectivity index (χ3n) is 4.51. The highest BCUT2D eigenvalue weighted by Gasteiger charge is 2.52. The van der Waals surface area contributed by atoms with E-state index in [2.05, 4.69) is 10.6 Å². The molecule has 7 heteroatoms. The van der Waals surface area contributed by atoms with Gasteiger partial charge >= 0.3 is 6.03 Å². The van der Waals surface area contributed by atoms with Crippen LogP contribution in [-0.2, 0) is 9.59 Å². The fourth-order valence-electron chi connectivity index (χ4n) is 3.30. The number of furan rings is 1. The van der Waals surface area contributed by atoms with Crippen molar-refractivity contribution in [1.29, 1.82) is 0 Å². The van der Waals surface area contributed by atoms with Crippen molar-refractivity contribution in [2.24, 2.45) is 0 Å². The number of aryl methyl sites for hydroxylation is 2. The Kier molecular flexibility index (Phi) is 3.23. The quantitative estimate of drug-likeness (QED) is 0.791. The summed E-state index contributed by atoms with van der Waals surface area (Å²) in [7, 11) is 0. The number of carbonyl (C=O) groups excluding carboxylic acids is 3. The molecule has 1 spiro atoms. The standard InChI is InChI=1S/C15H19N3O4/c1-8-6-11(10(3)22-8)9(2)12(19)18-5-4-15(7-18)13(20)16-14(21)17-15/h6,9H,4-5,7H2,1-3H3,(H2,16,17,20,21). The minimum atomic E-state index is -0.964. The van der Waals surface area contributed by atoms with Gasteiger partial charge in [-0.2, -0.15) is 0 Å². The minimum Gasteiger partial charge on any atom is -0.466 e. The molecule has 7 nitrogen and oxygen atoms in total. The van der Waals surface area contributed by atoms with Crippen LogP contribution < -0.4 is 10.6 Å². The number of amides is 4. The van der Waals surface area contributed by atoms with Crippen LogP contribution in [0.25, 0.3) is 0 Å². The first-order chi connectivity index (χ1) is 10.3. The molecule has 2 saturated heterocycles. The second-order valence-electron chi connectivity index (χ2n) is 6.09. The fourth-order valence-corrected chi connectivity index (χ4v) is 3.30. The summed E-state index contributed by atoms with van der Waals surface area (Å²) in [5, 5.41) is 4.89. The van der Waals surface area contributed by atoms with Crippen molar-refractivity contribution in [3.05, 3.63) is 23.2 Å². The van der Waals surface area contributed by atoms with Gasteiger partial charge < -0.3 is 14.6 Å². The van der Waals surface area contributed by atoms with Crippen molar-refractivity contribution in [2.45, 2.75) is 38.6 Å². The first-order valence-electron chi connectivity index (χ1n) is 7.32. The molecule has 118 valence electrons. The second kappa shape index (κ2) is 4.86. The molecule has 2 aliphatic rings. The molecule has 0 bridgehead atoms. The van der Waals surface area contributed by atoms with Gasteiger partial charge in [-0.3, -0.25) is 14.9 Å². The first kappa shape index (κ1) is 14.6. The Balaban J connectivity index is 1.76. The van der Waals surface area contributed by atoms with Crippen LogP contribution in [0.3, 0.4) is 0 Å². The summed E-state index contributed by atoms with van der Waals surface area (Å²) >= 11 is 0. The zero-order valence-corrected chi connectivity index (χ0v) is 12.9. The molecule has 2 atom stereocenters. The van der Waals surface area contributed by atoms with E-state index in [9.17, 15) is 14.4 Å². The fraction of sp³-hybridized carbons (Fsp3) is 0.533. The van der Waals surface area contributed by atoms with Gasteiger partial charge in [0.05, 0.1) is 12.5 Å². The van der Waals surface area contributed by atoms with Crippen LogP contribution >= 0.6 is 0 Å². The summed E-state index contributed by atoms with van der Waals surface area (Å²) in [6.45, 7) is 6.17. The van der Waals surface area contributed by atoms with Crippen LogP contribution in [0.2, 0.25) is 0 Å². The molecule has 0 radical (unpaired) electrons. The average molecular weight is 305 g/mol. The normalized spacial score (nSPS) is 25.5. The number of imide groups is 1. The number of rotatable bonds is 2. The molecule has 1 aromatic rings. The molecule has 3 rings (SSSR count). The van der Waals surface area contributed by atoms with Crippen molar-refractivity contribution < 1.29 is 18.8 Å². The Morgan fingerprint density at radius 3 is 2.68 bits per heavy atom. The molecule has 4 amide bonds. The lowest BCUT2D eigenvalue weighted by molar-refractivity contribution is -0.132. The van der Waals surface area contributed by atoms with E-state index >= 15 is 0 Å². The maximum atomic E-state index is 12.7. The Morgan fingerprint density at radius 2 is 2.14 bits per heavy atom. The van der Waals surface area contributed by atoms with E-state index in [1.807, 2.05) is 26.8 Å². The molecule has 0 saturated carbocycles. The molecule has 2 fully saturated rings. The topological polar surface area (TPSA) is 91.7 Å². The molecule has 0 aromatic carbocycles. The highest BCUT2D eigenvalue weighted by atomic mass is 16.3. The highest BCUT2D eigenvalue weighted by molar-refractivity contribution is 6.07. The SMILES string of the molecule is Cc1cc(C(C)C(=O)N2CCC3(C2)NC(=O)NC3=O)c(C)o1. The minimum absolute atomic E-state index is 0.0604. The van der Waals surface area contributed by atoms with E-state index in [0.29, 0.717) is 13.0 Å². The van der Waals surface area contributed by atoms with Gasteiger partial charge in [0, 0.05) is 12.1 Å². The van der Waals surface area contributed by atoms with Crippen molar-refractivity contribution >= 4 is 17.8 Å². The van der Waals surface area contributed by atoms with E-state index < -0.39 is 11.6 Å². The second-order valence-corrected chi connectivity index (χ2v) is 6.09. The number of carbonyl (C=O) groups is 3. The third kappa shape index (κ3) is 2.17. The maximum Gasteiger partial charge on any atom is 0.322 e. The predicted octanol–water partition coefficient (Wildman–Crippen LogP) is 0.810. The summed E-state index contributed by atoms with van der Waals surface area (Å²) in [4.78, 5) is 37.6. The zero-order chi connectivity index (χ0) is 16.1. The molecule has 2 N–H and O–H groups in total. The number of hydrogen-bond donors (Lipinski definition) is 2.